The van der Waals surface area contributed by atoms with Crippen molar-refractivity contribution in [2.24, 2.45) is 5.92 Å². The molecule has 35 heavy (non-hydrogen) atoms. The quantitative estimate of drug-likeness (QED) is 0.333. The van der Waals surface area contributed by atoms with Crippen molar-refractivity contribution in [2.45, 2.75) is 58.0 Å². The lowest BCUT2D eigenvalue weighted by Gasteiger charge is -2.32. The molecule has 3 aromatic carbocycles. The van der Waals surface area contributed by atoms with E-state index in [9.17, 15) is 0 Å². The molecule has 2 heterocycles. The summed E-state index contributed by atoms with van der Waals surface area (Å²) < 4.78 is 0. The summed E-state index contributed by atoms with van der Waals surface area (Å²) in [5, 5.41) is 0.847. The molecule has 0 saturated carbocycles. The van der Waals surface area contributed by atoms with Gasteiger partial charge in [0.05, 0.1) is 0 Å². The molecule has 184 valence electrons. The Labute approximate surface area is 216 Å². The molecule has 0 N–H and O–H groups in total. The third kappa shape index (κ3) is 7.19. The number of aryl methyl sites for hydroxylation is 1. The molecule has 1 fully saturated rings. The normalized spacial score (nSPS) is 17.7. The van der Waals surface area contributed by atoms with Gasteiger partial charge in [0.25, 0.3) is 0 Å². The van der Waals surface area contributed by atoms with E-state index < -0.39 is 0 Å². The molecule has 1 saturated heterocycles. The molecule has 0 radical (unpaired) electrons. The highest BCUT2D eigenvalue weighted by atomic mass is 35.5. The van der Waals surface area contributed by atoms with Gasteiger partial charge in [-0.05, 0) is 97.5 Å². The topological polar surface area (TPSA) is 6.48 Å². The minimum absolute atomic E-state index is 0.847. The number of nitrogens with zero attached hydrogens (tertiary/aromatic N) is 2. The van der Waals surface area contributed by atoms with Crippen LogP contribution in [0.2, 0.25) is 5.02 Å². The van der Waals surface area contributed by atoms with Crippen molar-refractivity contribution < 1.29 is 0 Å². The largest absolute Gasteiger partial charge is 0.299 e. The van der Waals surface area contributed by atoms with Crippen LogP contribution in [0.4, 0.5) is 0 Å². The lowest BCUT2D eigenvalue weighted by atomic mass is 9.90. The summed E-state index contributed by atoms with van der Waals surface area (Å²) in [5.41, 5.74) is 7.46. The Hall–Kier alpha value is -2.13. The van der Waals surface area contributed by atoms with Gasteiger partial charge in [0, 0.05) is 31.2 Å². The highest BCUT2D eigenvalue weighted by molar-refractivity contribution is 6.30. The highest BCUT2D eigenvalue weighted by Gasteiger charge is 2.19. The predicted molar refractivity (Wildman–Crippen MR) is 148 cm³/mol. The lowest BCUT2D eigenvalue weighted by Crippen LogP contribution is -2.33. The number of fused-ring (bicyclic) bond motifs is 1. The predicted octanol–water partition coefficient (Wildman–Crippen LogP) is 7.18. The number of piperidine rings is 1. The summed E-state index contributed by atoms with van der Waals surface area (Å²) in [6, 6.07) is 26.6. The molecule has 0 unspecified atom stereocenters. The van der Waals surface area contributed by atoms with Crippen molar-refractivity contribution in [3.8, 4) is 0 Å². The van der Waals surface area contributed by atoms with Crippen LogP contribution in [0.5, 0.6) is 0 Å². The number of hydrogen-bond acceptors (Lipinski definition) is 2. The van der Waals surface area contributed by atoms with Crippen LogP contribution >= 0.6 is 11.6 Å². The third-order valence-corrected chi connectivity index (χ3v) is 8.23. The standard InChI is InChI=1S/C32H39ClN2/c33-32-11-5-10-29(23-32)25-34-18-14-26(15-19-34)8-4-9-27-12-13-30-16-20-35(21-17-31(30)22-27)24-28-6-2-1-3-7-28/h1-3,5-7,10-13,22-23,26H,4,8-9,14-21,24-25H2. The van der Waals surface area contributed by atoms with Crippen LogP contribution < -0.4 is 0 Å². The molecule has 0 atom stereocenters. The van der Waals surface area contributed by atoms with E-state index in [1.54, 1.807) is 16.7 Å². The van der Waals surface area contributed by atoms with E-state index in [-0.39, 0.29) is 0 Å². The molecule has 0 amide bonds. The average molecular weight is 487 g/mol. The van der Waals surface area contributed by atoms with Crippen LogP contribution in [0.3, 0.4) is 0 Å². The molecule has 3 heteroatoms. The molecular weight excluding hydrogens is 448 g/mol. The van der Waals surface area contributed by atoms with Crippen LogP contribution in [-0.4, -0.2) is 36.0 Å². The van der Waals surface area contributed by atoms with Gasteiger partial charge in [-0.3, -0.25) is 9.80 Å². The molecule has 2 aliphatic heterocycles. The second-order valence-electron chi connectivity index (χ2n) is 10.6. The van der Waals surface area contributed by atoms with Gasteiger partial charge in [-0.15, -0.1) is 0 Å². The Morgan fingerprint density at radius 1 is 0.657 bits per heavy atom. The zero-order valence-corrected chi connectivity index (χ0v) is 21.7. The molecule has 2 aliphatic rings. The minimum Gasteiger partial charge on any atom is -0.299 e. The zero-order chi connectivity index (χ0) is 23.9. The smallest absolute Gasteiger partial charge is 0.0409 e. The maximum absolute atomic E-state index is 6.16. The molecule has 3 aromatic rings. The van der Waals surface area contributed by atoms with E-state index in [0.717, 1.165) is 30.6 Å². The molecule has 2 nitrogen and oxygen atoms in total. The molecule has 0 aliphatic carbocycles. The van der Waals surface area contributed by atoms with Crippen molar-refractivity contribution in [1.82, 2.24) is 9.80 Å². The van der Waals surface area contributed by atoms with Crippen molar-refractivity contribution in [2.75, 3.05) is 26.2 Å². The van der Waals surface area contributed by atoms with Crippen molar-refractivity contribution >= 4 is 11.6 Å². The van der Waals surface area contributed by atoms with E-state index in [4.69, 9.17) is 11.6 Å². The van der Waals surface area contributed by atoms with E-state index in [0.29, 0.717) is 0 Å². The van der Waals surface area contributed by atoms with E-state index in [2.05, 4.69) is 76.5 Å². The molecule has 0 aromatic heterocycles. The second kappa shape index (κ2) is 12.2. The number of halogens is 1. The summed E-state index contributed by atoms with van der Waals surface area (Å²) in [6.07, 6.45) is 8.94. The van der Waals surface area contributed by atoms with Gasteiger partial charge in [0.1, 0.15) is 0 Å². The second-order valence-corrected chi connectivity index (χ2v) is 11.0. The van der Waals surface area contributed by atoms with Crippen molar-refractivity contribution in [3.63, 3.8) is 0 Å². The monoisotopic (exact) mass is 486 g/mol. The van der Waals surface area contributed by atoms with Gasteiger partial charge in [0.2, 0.25) is 0 Å². The van der Waals surface area contributed by atoms with Crippen LogP contribution in [0.15, 0.2) is 72.8 Å². The van der Waals surface area contributed by atoms with Gasteiger partial charge in [-0.25, -0.2) is 0 Å². The Morgan fingerprint density at radius 2 is 1.37 bits per heavy atom. The first-order chi connectivity index (χ1) is 17.2. The Bertz CT molecular complexity index is 1070. The minimum atomic E-state index is 0.847. The van der Waals surface area contributed by atoms with Gasteiger partial charge in [0.15, 0.2) is 0 Å². The maximum Gasteiger partial charge on any atom is 0.0409 e. The van der Waals surface area contributed by atoms with Crippen LogP contribution in [-0.2, 0) is 32.4 Å². The maximum atomic E-state index is 6.16. The first kappa shape index (κ1) is 24.6. The number of likely N-dealkylation sites (tertiary alicyclic amines) is 1. The molecular formula is C32H39ClN2. The average Bonchev–Trinajstić information content (AvgIpc) is 3.08. The van der Waals surface area contributed by atoms with Crippen LogP contribution in [0, 0.1) is 5.92 Å². The van der Waals surface area contributed by atoms with Gasteiger partial charge in [-0.1, -0.05) is 78.7 Å². The zero-order valence-electron chi connectivity index (χ0n) is 21.0. The fourth-order valence-electron chi connectivity index (χ4n) is 5.90. The Balaban J connectivity index is 1.04. The van der Waals surface area contributed by atoms with Gasteiger partial charge >= 0.3 is 0 Å². The lowest BCUT2D eigenvalue weighted by molar-refractivity contribution is 0.171. The van der Waals surface area contributed by atoms with Gasteiger partial charge in [-0.2, -0.15) is 0 Å². The summed E-state index contributed by atoms with van der Waals surface area (Å²) in [5.74, 6) is 0.887. The van der Waals surface area contributed by atoms with Crippen molar-refractivity contribution in [1.29, 1.82) is 0 Å². The summed E-state index contributed by atoms with van der Waals surface area (Å²) in [7, 11) is 0. The fraction of sp³-hybridized carbons (Fsp3) is 0.438. The van der Waals surface area contributed by atoms with E-state index >= 15 is 0 Å². The summed E-state index contributed by atoms with van der Waals surface area (Å²) >= 11 is 6.16. The third-order valence-electron chi connectivity index (χ3n) is 7.99. The van der Waals surface area contributed by atoms with E-state index in [1.807, 2.05) is 6.07 Å². The SMILES string of the molecule is Clc1cccc(CN2CCC(CCCc3ccc4c(c3)CCN(Cc3ccccc3)CC4)CC2)c1. The van der Waals surface area contributed by atoms with Crippen molar-refractivity contribution in [3.05, 3.63) is 106 Å². The molecule has 5 rings (SSSR count). The Kier molecular flexibility index (Phi) is 8.57. The first-order valence-corrected chi connectivity index (χ1v) is 13.9. The summed E-state index contributed by atoms with van der Waals surface area (Å²) in [6.45, 7) is 6.87. The summed E-state index contributed by atoms with van der Waals surface area (Å²) in [4.78, 5) is 5.21. The number of hydrogen-bond donors (Lipinski definition) is 0. The highest BCUT2D eigenvalue weighted by Crippen LogP contribution is 2.25. The number of benzene rings is 3. The van der Waals surface area contributed by atoms with E-state index in [1.165, 1.54) is 75.7 Å². The van der Waals surface area contributed by atoms with Crippen LogP contribution in [0.1, 0.15) is 53.5 Å². The van der Waals surface area contributed by atoms with Gasteiger partial charge < -0.3 is 0 Å². The first-order valence-electron chi connectivity index (χ1n) is 13.5. The van der Waals surface area contributed by atoms with Crippen LogP contribution in [0.25, 0.3) is 0 Å². The Morgan fingerprint density at radius 3 is 2.17 bits per heavy atom. The number of rotatable bonds is 8. The fourth-order valence-corrected chi connectivity index (χ4v) is 6.11. The molecule has 0 bridgehead atoms. The molecule has 0 spiro atoms.